The first-order valence-electron chi connectivity index (χ1n) is 7.05. The van der Waals surface area contributed by atoms with E-state index in [1.54, 1.807) is 20.8 Å². The van der Waals surface area contributed by atoms with Crippen molar-refractivity contribution in [3.8, 4) is 0 Å². The van der Waals surface area contributed by atoms with Crippen LogP contribution in [0.3, 0.4) is 0 Å². The van der Waals surface area contributed by atoms with E-state index < -0.39 is 41.6 Å². The van der Waals surface area contributed by atoms with E-state index in [4.69, 9.17) is 4.74 Å². The van der Waals surface area contributed by atoms with Gasteiger partial charge in [-0.25, -0.2) is 9.59 Å². The Kier molecular flexibility index (Phi) is 7.21. The molecule has 0 heterocycles. The topological polar surface area (TPSA) is 84.9 Å². The lowest BCUT2D eigenvalue weighted by molar-refractivity contribution is -0.192. The summed E-state index contributed by atoms with van der Waals surface area (Å²) in [4.78, 5) is 23.0. The number of halogens is 2. The minimum absolute atomic E-state index is 0.243. The first-order chi connectivity index (χ1) is 9.82. The normalized spacial score (nSPS) is 15.2. The summed E-state index contributed by atoms with van der Waals surface area (Å²) in [6.07, 6.45) is -3.39. The Labute approximate surface area is 129 Å². The van der Waals surface area contributed by atoms with E-state index >= 15 is 0 Å². The molecule has 0 aromatic carbocycles. The third-order valence-electron chi connectivity index (χ3n) is 2.66. The lowest BCUT2D eigenvalue weighted by Crippen LogP contribution is -2.57. The zero-order valence-corrected chi connectivity index (χ0v) is 13.8. The van der Waals surface area contributed by atoms with Crippen LogP contribution >= 0.6 is 0 Å². The minimum atomic E-state index is -4.14. The van der Waals surface area contributed by atoms with Gasteiger partial charge >= 0.3 is 18.0 Å². The van der Waals surface area contributed by atoms with Gasteiger partial charge in [-0.3, -0.25) is 0 Å². The van der Waals surface area contributed by atoms with Crippen molar-refractivity contribution in [2.45, 2.75) is 65.2 Å². The van der Waals surface area contributed by atoms with Crippen molar-refractivity contribution in [1.29, 1.82) is 0 Å². The van der Waals surface area contributed by atoms with Crippen LogP contribution in [0.25, 0.3) is 0 Å². The van der Waals surface area contributed by atoms with E-state index in [1.165, 1.54) is 20.8 Å². The van der Waals surface area contributed by atoms with Crippen molar-refractivity contribution in [2.24, 2.45) is 5.92 Å². The number of hydrogen-bond acceptors (Lipinski definition) is 5. The number of esters is 1. The van der Waals surface area contributed by atoms with Gasteiger partial charge in [0.15, 0.2) is 0 Å². The molecule has 0 saturated carbocycles. The standard InChI is InChI=1S/C14H25F2NO5/c1-7-21-11(19)14(15,16)10(18)9(8(2)3)17-12(20)22-13(4,5)6/h8-10,18H,7H2,1-6H3,(H,17,20)/t9-,10?/m0/s1. The van der Waals surface area contributed by atoms with Gasteiger partial charge in [0.05, 0.1) is 12.6 Å². The zero-order valence-electron chi connectivity index (χ0n) is 13.8. The Bertz CT molecular complexity index is 393. The van der Waals surface area contributed by atoms with Crippen LogP contribution in [0.2, 0.25) is 0 Å². The lowest BCUT2D eigenvalue weighted by atomic mass is 9.94. The van der Waals surface area contributed by atoms with E-state index in [-0.39, 0.29) is 6.61 Å². The maximum absolute atomic E-state index is 13.9. The quantitative estimate of drug-likeness (QED) is 0.731. The largest absolute Gasteiger partial charge is 0.461 e. The number of alkyl carbamates (subject to hydrolysis) is 1. The molecular formula is C14H25F2NO5. The van der Waals surface area contributed by atoms with Gasteiger partial charge in [0, 0.05) is 0 Å². The molecule has 0 aliphatic carbocycles. The second-order valence-corrected chi connectivity index (χ2v) is 6.20. The monoisotopic (exact) mass is 325 g/mol. The van der Waals surface area contributed by atoms with Crippen molar-refractivity contribution in [2.75, 3.05) is 6.61 Å². The molecule has 0 aromatic rings. The van der Waals surface area contributed by atoms with E-state index in [1.807, 2.05) is 0 Å². The lowest BCUT2D eigenvalue weighted by Gasteiger charge is -2.32. The van der Waals surface area contributed by atoms with Gasteiger partial charge in [-0.1, -0.05) is 13.8 Å². The number of ether oxygens (including phenoxy) is 2. The molecule has 2 N–H and O–H groups in total. The summed E-state index contributed by atoms with van der Waals surface area (Å²) < 4.78 is 37.0. The fraction of sp³-hybridized carbons (Fsp3) is 0.857. The third kappa shape index (κ3) is 6.13. The van der Waals surface area contributed by atoms with Gasteiger partial charge in [0.25, 0.3) is 0 Å². The highest BCUT2D eigenvalue weighted by molar-refractivity contribution is 5.78. The molecule has 0 rings (SSSR count). The first-order valence-corrected chi connectivity index (χ1v) is 7.05. The number of amides is 1. The van der Waals surface area contributed by atoms with Crippen molar-refractivity contribution in [3.05, 3.63) is 0 Å². The molecule has 0 saturated heterocycles. The van der Waals surface area contributed by atoms with Crippen molar-refractivity contribution >= 4 is 12.1 Å². The number of rotatable bonds is 6. The summed E-state index contributed by atoms with van der Waals surface area (Å²) in [5.74, 6) is -6.54. The van der Waals surface area contributed by atoms with Crippen LogP contribution < -0.4 is 5.32 Å². The summed E-state index contributed by atoms with van der Waals surface area (Å²) in [6.45, 7) is 9.01. The van der Waals surface area contributed by atoms with Crippen LogP contribution in [0.15, 0.2) is 0 Å². The second kappa shape index (κ2) is 7.71. The maximum Gasteiger partial charge on any atom is 0.407 e. The molecule has 0 fully saturated rings. The molecule has 1 unspecified atom stereocenters. The predicted molar refractivity (Wildman–Crippen MR) is 75.6 cm³/mol. The molecule has 2 atom stereocenters. The summed E-state index contributed by atoms with van der Waals surface area (Å²) >= 11 is 0. The molecular weight excluding hydrogens is 300 g/mol. The maximum atomic E-state index is 13.9. The molecule has 130 valence electrons. The molecule has 0 aromatic heterocycles. The molecule has 8 heteroatoms. The summed E-state index contributed by atoms with van der Waals surface area (Å²) in [6, 6.07) is -1.38. The second-order valence-electron chi connectivity index (χ2n) is 6.20. The predicted octanol–water partition coefficient (Wildman–Crippen LogP) is 2.09. The van der Waals surface area contributed by atoms with Crippen LogP contribution in [0, 0.1) is 5.92 Å². The van der Waals surface area contributed by atoms with E-state index in [2.05, 4.69) is 10.1 Å². The van der Waals surface area contributed by atoms with Crippen LogP contribution in [-0.2, 0) is 14.3 Å². The Morgan fingerprint density at radius 3 is 2.09 bits per heavy atom. The van der Waals surface area contributed by atoms with Gasteiger partial charge in [-0.05, 0) is 33.6 Å². The van der Waals surface area contributed by atoms with Gasteiger partial charge < -0.3 is 19.9 Å². The number of hydrogen-bond donors (Lipinski definition) is 2. The molecule has 0 bridgehead atoms. The van der Waals surface area contributed by atoms with Crippen molar-refractivity contribution in [3.63, 3.8) is 0 Å². The van der Waals surface area contributed by atoms with Crippen LogP contribution in [0.4, 0.5) is 13.6 Å². The van der Waals surface area contributed by atoms with E-state index in [0.29, 0.717) is 0 Å². The fourth-order valence-corrected chi connectivity index (χ4v) is 1.63. The Morgan fingerprint density at radius 1 is 1.23 bits per heavy atom. The Morgan fingerprint density at radius 2 is 1.73 bits per heavy atom. The number of nitrogens with one attached hydrogen (secondary N) is 1. The van der Waals surface area contributed by atoms with E-state index in [0.717, 1.165) is 0 Å². The van der Waals surface area contributed by atoms with Gasteiger partial charge in [0.1, 0.15) is 11.7 Å². The zero-order chi connectivity index (χ0) is 17.7. The number of aliphatic hydroxyl groups excluding tert-OH is 1. The van der Waals surface area contributed by atoms with Crippen molar-refractivity contribution < 1.29 is 33.0 Å². The highest BCUT2D eigenvalue weighted by atomic mass is 19.3. The number of carbonyl (C=O) groups is 2. The third-order valence-corrected chi connectivity index (χ3v) is 2.66. The molecule has 0 aliphatic heterocycles. The van der Waals surface area contributed by atoms with Crippen molar-refractivity contribution in [1.82, 2.24) is 5.32 Å². The number of carbonyl (C=O) groups excluding carboxylic acids is 2. The van der Waals surface area contributed by atoms with E-state index in [9.17, 15) is 23.5 Å². The Balaban J connectivity index is 5.09. The molecule has 6 nitrogen and oxygen atoms in total. The molecule has 22 heavy (non-hydrogen) atoms. The smallest absolute Gasteiger partial charge is 0.407 e. The molecule has 0 aliphatic rings. The average molecular weight is 325 g/mol. The Hall–Kier alpha value is -1.44. The molecule has 1 amide bonds. The van der Waals surface area contributed by atoms with Gasteiger partial charge in [0.2, 0.25) is 0 Å². The minimum Gasteiger partial charge on any atom is -0.461 e. The van der Waals surface area contributed by atoms with Gasteiger partial charge in [-0.15, -0.1) is 0 Å². The van der Waals surface area contributed by atoms with Crippen LogP contribution in [0.5, 0.6) is 0 Å². The summed E-state index contributed by atoms with van der Waals surface area (Å²) in [5, 5.41) is 12.0. The molecule has 0 radical (unpaired) electrons. The highest BCUT2D eigenvalue weighted by Crippen LogP contribution is 2.26. The molecule has 0 spiro atoms. The summed E-state index contributed by atoms with van der Waals surface area (Å²) in [5.41, 5.74) is -0.819. The number of aliphatic hydroxyl groups is 1. The van der Waals surface area contributed by atoms with Crippen LogP contribution in [-0.4, -0.2) is 47.4 Å². The summed E-state index contributed by atoms with van der Waals surface area (Å²) in [7, 11) is 0. The van der Waals surface area contributed by atoms with Crippen LogP contribution in [0.1, 0.15) is 41.5 Å². The SMILES string of the molecule is CCOC(=O)C(F)(F)C(O)[C@@H](NC(=O)OC(C)(C)C)C(C)C. The highest BCUT2D eigenvalue weighted by Gasteiger charge is 2.52. The van der Waals surface area contributed by atoms with Gasteiger partial charge in [-0.2, -0.15) is 8.78 Å². The first kappa shape index (κ1) is 20.6. The fourth-order valence-electron chi connectivity index (χ4n) is 1.63. The average Bonchev–Trinajstić information content (AvgIpc) is 2.32. The number of alkyl halides is 2.